The fraction of sp³-hybridized carbons (Fsp3) is 0.923. The first-order valence-corrected chi connectivity index (χ1v) is 6.43. The van der Waals surface area contributed by atoms with Gasteiger partial charge in [-0.15, -0.1) is 24.0 Å². The van der Waals surface area contributed by atoms with Gasteiger partial charge in [0.15, 0.2) is 5.96 Å². The second kappa shape index (κ2) is 12.0. The number of hydrogen-bond acceptors (Lipinski definition) is 2. The number of rotatable bonds is 7. The highest BCUT2D eigenvalue weighted by molar-refractivity contribution is 14.0. The lowest BCUT2D eigenvalue weighted by molar-refractivity contribution is 0.203. The molecular weight excluding hydrogens is 341 g/mol. The van der Waals surface area contributed by atoms with Crippen molar-refractivity contribution in [1.29, 1.82) is 0 Å². The predicted octanol–water partition coefficient (Wildman–Crippen LogP) is 2.63. The van der Waals surface area contributed by atoms with Crippen molar-refractivity contribution in [2.75, 3.05) is 33.9 Å². The van der Waals surface area contributed by atoms with Crippen molar-refractivity contribution in [3.8, 4) is 0 Å². The second-order valence-corrected chi connectivity index (χ2v) is 5.44. The highest BCUT2D eigenvalue weighted by atomic mass is 127. The van der Waals surface area contributed by atoms with Crippen molar-refractivity contribution in [2.45, 2.75) is 40.0 Å². The van der Waals surface area contributed by atoms with E-state index in [0.717, 1.165) is 19.0 Å². The first-order chi connectivity index (χ1) is 7.99. The number of nitrogens with zero attached hydrogens (tertiary/aromatic N) is 1. The van der Waals surface area contributed by atoms with Crippen LogP contribution in [0, 0.1) is 5.41 Å². The Bertz CT molecular complexity index is 215. The van der Waals surface area contributed by atoms with E-state index in [1.54, 1.807) is 14.2 Å². The summed E-state index contributed by atoms with van der Waals surface area (Å²) >= 11 is 0. The molecule has 0 aromatic rings. The van der Waals surface area contributed by atoms with Gasteiger partial charge in [0, 0.05) is 27.2 Å². The number of guanidine groups is 1. The van der Waals surface area contributed by atoms with Gasteiger partial charge in [-0.05, 0) is 18.3 Å². The molecule has 0 aromatic heterocycles. The molecule has 0 aliphatic rings. The number of methoxy groups -OCH3 is 1. The lowest BCUT2D eigenvalue weighted by atomic mass is 9.90. The lowest BCUT2D eigenvalue weighted by Gasteiger charge is -2.18. The first-order valence-electron chi connectivity index (χ1n) is 6.43. The minimum atomic E-state index is 0. The summed E-state index contributed by atoms with van der Waals surface area (Å²) < 4.78 is 4.97. The first kappa shape index (κ1) is 20.3. The number of hydrogen-bond donors (Lipinski definition) is 2. The molecule has 0 saturated heterocycles. The Morgan fingerprint density at radius 3 is 2.22 bits per heavy atom. The summed E-state index contributed by atoms with van der Waals surface area (Å²) in [5.41, 5.74) is 0.443. The summed E-state index contributed by atoms with van der Waals surface area (Å²) in [6.45, 7) is 9.31. The number of ether oxygens (including phenoxy) is 1. The molecule has 0 aliphatic heterocycles. The third-order valence-corrected chi connectivity index (χ3v) is 2.47. The van der Waals surface area contributed by atoms with E-state index in [1.807, 2.05) is 0 Å². The third-order valence-electron chi connectivity index (χ3n) is 2.47. The summed E-state index contributed by atoms with van der Waals surface area (Å²) in [5.74, 6) is 0.859. The highest BCUT2D eigenvalue weighted by Gasteiger charge is 2.08. The van der Waals surface area contributed by atoms with Crippen molar-refractivity contribution in [2.24, 2.45) is 10.4 Å². The summed E-state index contributed by atoms with van der Waals surface area (Å²) in [6, 6.07) is 0. The van der Waals surface area contributed by atoms with Crippen LogP contribution < -0.4 is 10.6 Å². The van der Waals surface area contributed by atoms with E-state index >= 15 is 0 Å². The van der Waals surface area contributed by atoms with Crippen LogP contribution in [-0.2, 0) is 4.74 Å². The van der Waals surface area contributed by atoms with Crippen LogP contribution in [0.25, 0.3) is 0 Å². The molecule has 0 spiro atoms. The molecule has 0 amide bonds. The summed E-state index contributed by atoms with van der Waals surface area (Å²) in [7, 11) is 3.49. The standard InChI is InChI=1S/C13H29N3O.HI/c1-13(2,3)8-6-7-9-15-12(14-4)16-10-11-17-5;/h6-11H2,1-5H3,(H2,14,15,16);1H. The average molecular weight is 371 g/mol. The second-order valence-electron chi connectivity index (χ2n) is 5.44. The van der Waals surface area contributed by atoms with Crippen LogP contribution >= 0.6 is 24.0 Å². The molecule has 0 heterocycles. The van der Waals surface area contributed by atoms with Crippen LogP contribution in [0.15, 0.2) is 4.99 Å². The monoisotopic (exact) mass is 371 g/mol. The van der Waals surface area contributed by atoms with Crippen LogP contribution in [0.4, 0.5) is 0 Å². The minimum absolute atomic E-state index is 0. The molecule has 0 atom stereocenters. The Balaban J connectivity index is 0. The summed E-state index contributed by atoms with van der Waals surface area (Å²) in [6.07, 6.45) is 3.71. The molecule has 0 unspecified atom stereocenters. The highest BCUT2D eigenvalue weighted by Crippen LogP contribution is 2.20. The van der Waals surface area contributed by atoms with Crippen LogP contribution in [0.1, 0.15) is 40.0 Å². The Morgan fingerprint density at radius 2 is 1.72 bits per heavy atom. The van der Waals surface area contributed by atoms with Crippen molar-refractivity contribution in [1.82, 2.24) is 10.6 Å². The van der Waals surface area contributed by atoms with Gasteiger partial charge in [0.25, 0.3) is 0 Å². The summed E-state index contributed by atoms with van der Waals surface area (Å²) in [4.78, 5) is 4.15. The number of unbranched alkanes of at least 4 members (excludes halogenated alkanes) is 1. The van der Waals surface area contributed by atoms with Gasteiger partial charge < -0.3 is 15.4 Å². The van der Waals surface area contributed by atoms with Crippen molar-refractivity contribution < 1.29 is 4.74 Å². The van der Waals surface area contributed by atoms with E-state index < -0.39 is 0 Å². The van der Waals surface area contributed by atoms with Gasteiger partial charge in [0.05, 0.1) is 6.61 Å². The molecule has 5 heteroatoms. The zero-order valence-corrected chi connectivity index (χ0v) is 14.8. The van der Waals surface area contributed by atoms with Crippen LogP contribution in [0.3, 0.4) is 0 Å². The maximum atomic E-state index is 4.97. The predicted molar refractivity (Wildman–Crippen MR) is 90.0 cm³/mol. The topological polar surface area (TPSA) is 45.7 Å². The molecule has 0 aliphatic carbocycles. The van der Waals surface area contributed by atoms with Gasteiger partial charge in [-0.1, -0.05) is 27.2 Å². The Hall–Kier alpha value is -0.0400. The molecule has 0 fully saturated rings. The molecule has 2 N–H and O–H groups in total. The normalized spacial score (nSPS) is 11.9. The van der Waals surface area contributed by atoms with E-state index in [4.69, 9.17) is 4.74 Å². The maximum Gasteiger partial charge on any atom is 0.191 e. The Labute approximate surface area is 129 Å². The number of halogens is 1. The van der Waals surface area contributed by atoms with Gasteiger partial charge in [-0.25, -0.2) is 0 Å². The molecule has 0 aromatic carbocycles. The Kier molecular flexibility index (Phi) is 13.5. The largest absolute Gasteiger partial charge is 0.383 e. The molecule has 4 nitrogen and oxygen atoms in total. The smallest absolute Gasteiger partial charge is 0.191 e. The molecule has 18 heavy (non-hydrogen) atoms. The molecule has 0 rings (SSSR count). The molecule has 0 radical (unpaired) electrons. The van der Waals surface area contributed by atoms with Crippen LogP contribution in [0.5, 0.6) is 0 Å². The molecule has 110 valence electrons. The maximum absolute atomic E-state index is 4.97. The number of aliphatic imine (C=N–C) groups is 1. The quantitative estimate of drug-likeness (QED) is 0.313. The van der Waals surface area contributed by atoms with Crippen molar-refractivity contribution in [3.63, 3.8) is 0 Å². The van der Waals surface area contributed by atoms with Crippen LogP contribution in [-0.4, -0.2) is 39.8 Å². The van der Waals surface area contributed by atoms with Gasteiger partial charge in [0.2, 0.25) is 0 Å². The van der Waals surface area contributed by atoms with Crippen molar-refractivity contribution in [3.05, 3.63) is 0 Å². The van der Waals surface area contributed by atoms with Gasteiger partial charge in [0.1, 0.15) is 0 Å². The van der Waals surface area contributed by atoms with Gasteiger partial charge in [-0.2, -0.15) is 0 Å². The molecule has 0 saturated carbocycles. The zero-order chi connectivity index (χ0) is 13.1. The van der Waals surface area contributed by atoms with E-state index in [2.05, 4.69) is 36.4 Å². The SMILES string of the molecule is CN=C(NCCCCC(C)(C)C)NCCOC.I. The Morgan fingerprint density at radius 1 is 1.11 bits per heavy atom. The fourth-order valence-electron chi connectivity index (χ4n) is 1.48. The molecule has 0 bridgehead atoms. The fourth-order valence-corrected chi connectivity index (χ4v) is 1.48. The summed E-state index contributed by atoms with van der Waals surface area (Å²) in [5, 5.41) is 6.49. The average Bonchev–Trinajstić information content (AvgIpc) is 2.25. The van der Waals surface area contributed by atoms with E-state index in [0.29, 0.717) is 12.0 Å². The number of nitrogens with one attached hydrogen (secondary N) is 2. The van der Waals surface area contributed by atoms with E-state index in [-0.39, 0.29) is 24.0 Å². The zero-order valence-electron chi connectivity index (χ0n) is 12.5. The lowest BCUT2D eigenvalue weighted by Crippen LogP contribution is -2.39. The molecular formula is C13H30IN3O. The van der Waals surface area contributed by atoms with Gasteiger partial charge >= 0.3 is 0 Å². The third kappa shape index (κ3) is 14.0. The minimum Gasteiger partial charge on any atom is -0.383 e. The van der Waals surface area contributed by atoms with E-state index in [1.165, 1.54) is 19.3 Å². The van der Waals surface area contributed by atoms with Crippen molar-refractivity contribution >= 4 is 29.9 Å². The van der Waals surface area contributed by atoms with Crippen LogP contribution in [0.2, 0.25) is 0 Å². The van der Waals surface area contributed by atoms with E-state index in [9.17, 15) is 0 Å². The van der Waals surface area contributed by atoms with Gasteiger partial charge in [-0.3, -0.25) is 4.99 Å².